The summed E-state index contributed by atoms with van der Waals surface area (Å²) >= 11 is 0. The van der Waals surface area contributed by atoms with E-state index in [-0.39, 0.29) is 6.04 Å². The molecule has 1 atom stereocenters. The molecule has 1 unspecified atom stereocenters. The highest BCUT2D eigenvalue weighted by Gasteiger charge is 2.08. The van der Waals surface area contributed by atoms with Crippen molar-refractivity contribution in [2.75, 3.05) is 18.0 Å². The first kappa shape index (κ1) is 9.21. The summed E-state index contributed by atoms with van der Waals surface area (Å²) in [4.78, 5) is 6.60. The predicted molar refractivity (Wildman–Crippen MR) is 58.2 cm³/mol. The summed E-state index contributed by atoms with van der Waals surface area (Å²) in [5.74, 6) is 1.03. The van der Waals surface area contributed by atoms with Gasteiger partial charge in [0.05, 0.1) is 0 Å². The molecule has 1 aliphatic heterocycles. The van der Waals surface area contributed by atoms with Crippen LogP contribution in [0.3, 0.4) is 0 Å². The molecule has 0 aliphatic carbocycles. The maximum absolute atomic E-state index is 5.75. The highest BCUT2D eigenvalue weighted by atomic mass is 15.2. The molecule has 1 aromatic rings. The second kappa shape index (κ2) is 3.80. The van der Waals surface area contributed by atoms with E-state index in [1.807, 2.05) is 25.3 Å². The summed E-state index contributed by atoms with van der Waals surface area (Å²) in [6.07, 6.45) is 6.17. The third-order valence-electron chi connectivity index (χ3n) is 2.44. The zero-order chi connectivity index (χ0) is 9.97. The largest absolute Gasteiger partial charge is 0.349 e. The van der Waals surface area contributed by atoms with Crippen LogP contribution in [0.5, 0.6) is 0 Å². The molecule has 0 radical (unpaired) electrons. The lowest BCUT2D eigenvalue weighted by Gasteiger charge is -2.16. The smallest absolute Gasteiger partial charge is 0.129 e. The Kier molecular flexibility index (Phi) is 2.50. The van der Waals surface area contributed by atoms with Gasteiger partial charge in [-0.15, -0.1) is 0 Å². The van der Waals surface area contributed by atoms with E-state index in [1.165, 1.54) is 0 Å². The first-order chi connectivity index (χ1) is 6.77. The van der Waals surface area contributed by atoms with Crippen molar-refractivity contribution < 1.29 is 0 Å². The van der Waals surface area contributed by atoms with Crippen molar-refractivity contribution in [1.29, 1.82) is 0 Å². The Balaban J connectivity index is 2.13. The van der Waals surface area contributed by atoms with Crippen LogP contribution < -0.4 is 10.6 Å². The number of nitrogens with zero attached hydrogens (tertiary/aromatic N) is 2. The van der Waals surface area contributed by atoms with Gasteiger partial charge in [0.25, 0.3) is 0 Å². The van der Waals surface area contributed by atoms with Gasteiger partial charge in [-0.3, -0.25) is 0 Å². The number of nitrogens with two attached hydrogens (primary N) is 1. The fourth-order valence-corrected chi connectivity index (χ4v) is 1.52. The van der Waals surface area contributed by atoms with E-state index < -0.39 is 0 Å². The fourth-order valence-electron chi connectivity index (χ4n) is 1.52. The van der Waals surface area contributed by atoms with Crippen molar-refractivity contribution >= 4 is 5.82 Å². The molecule has 3 heteroatoms. The van der Waals surface area contributed by atoms with Crippen molar-refractivity contribution in [3.8, 4) is 0 Å². The lowest BCUT2D eigenvalue weighted by atomic mass is 10.1. The normalized spacial score (nSPS) is 17.4. The maximum Gasteiger partial charge on any atom is 0.129 e. The van der Waals surface area contributed by atoms with E-state index in [0.29, 0.717) is 0 Å². The van der Waals surface area contributed by atoms with Crippen molar-refractivity contribution in [3.63, 3.8) is 0 Å². The highest BCUT2D eigenvalue weighted by molar-refractivity contribution is 5.43. The molecule has 14 heavy (non-hydrogen) atoms. The monoisotopic (exact) mass is 189 g/mol. The Bertz CT molecular complexity index is 319. The number of pyridine rings is 1. The van der Waals surface area contributed by atoms with Gasteiger partial charge in [0.1, 0.15) is 5.82 Å². The van der Waals surface area contributed by atoms with Crippen LogP contribution >= 0.6 is 0 Å². The molecule has 1 aromatic heterocycles. The minimum absolute atomic E-state index is 0.0632. The Labute approximate surface area is 84.2 Å². The maximum atomic E-state index is 5.75. The summed E-state index contributed by atoms with van der Waals surface area (Å²) in [5.41, 5.74) is 6.84. The van der Waals surface area contributed by atoms with Crippen LogP contribution in [0.4, 0.5) is 5.82 Å². The average Bonchev–Trinajstić information content (AvgIpc) is 2.71. The van der Waals surface area contributed by atoms with E-state index in [1.54, 1.807) is 0 Å². The minimum atomic E-state index is 0.0632. The Morgan fingerprint density at radius 2 is 2.07 bits per heavy atom. The minimum Gasteiger partial charge on any atom is -0.349 e. The first-order valence-corrected chi connectivity index (χ1v) is 4.89. The van der Waals surface area contributed by atoms with Crippen LogP contribution in [0.25, 0.3) is 0 Å². The standard InChI is InChI=1S/C11H15N3/c1-9(12)10-4-5-11(13-8-10)14-6-2-3-7-14/h2-5,8-9H,6-7,12H2,1H3. The third kappa shape index (κ3) is 1.77. The molecule has 0 saturated carbocycles. The molecule has 0 aromatic carbocycles. The van der Waals surface area contributed by atoms with Crippen LogP contribution in [0.1, 0.15) is 18.5 Å². The van der Waals surface area contributed by atoms with Crippen molar-refractivity contribution in [3.05, 3.63) is 36.0 Å². The van der Waals surface area contributed by atoms with Gasteiger partial charge < -0.3 is 10.6 Å². The summed E-state index contributed by atoms with van der Waals surface area (Å²) in [6, 6.07) is 4.14. The highest BCUT2D eigenvalue weighted by Crippen LogP contribution is 2.16. The van der Waals surface area contributed by atoms with E-state index in [9.17, 15) is 0 Å². The van der Waals surface area contributed by atoms with Crippen molar-refractivity contribution in [1.82, 2.24) is 4.98 Å². The van der Waals surface area contributed by atoms with Gasteiger partial charge in [0.15, 0.2) is 0 Å². The summed E-state index contributed by atoms with van der Waals surface area (Å²) in [5, 5.41) is 0. The summed E-state index contributed by atoms with van der Waals surface area (Å²) in [7, 11) is 0. The van der Waals surface area contributed by atoms with Crippen LogP contribution in [-0.4, -0.2) is 18.1 Å². The quantitative estimate of drug-likeness (QED) is 0.716. The molecule has 0 bridgehead atoms. The number of hydrogen-bond donors (Lipinski definition) is 1. The molecule has 74 valence electrons. The van der Waals surface area contributed by atoms with Gasteiger partial charge in [-0.2, -0.15) is 0 Å². The van der Waals surface area contributed by atoms with Crippen LogP contribution in [0.15, 0.2) is 30.5 Å². The molecular weight excluding hydrogens is 174 g/mol. The van der Waals surface area contributed by atoms with E-state index >= 15 is 0 Å². The lowest BCUT2D eigenvalue weighted by Crippen LogP contribution is -2.19. The molecule has 0 spiro atoms. The third-order valence-corrected chi connectivity index (χ3v) is 2.44. The zero-order valence-corrected chi connectivity index (χ0v) is 8.35. The second-order valence-electron chi connectivity index (χ2n) is 3.61. The number of hydrogen-bond acceptors (Lipinski definition) is 3. The van der Waals surface area contributed by atoms with Crippen LogP contribution in [0, 0.1) is 0 Å². The second-order valence-corrected chi connectivity index (χ2v) is 3.61. The molecule has 2 heterocycles. The van der Waals surface area contributed by atoms with Crippen LogP contribution in [-0.2, 0) is 0 Å². The predicted octanol–water partition coefficient (Wildman–Crippen LogP) is 1.48. The van der Waals surface area contributed by atoms with E-state index in [0.717, 1.165) is 24.5 Å². The molecule has 3 nitrogen and oxygen atoms in total. The molecule has 1 aliphatic rings. The average molecular weight is 189 g/mol. The topological polar surface area (TPSA) is 42.1 Å². The van der Waals surface area contributed by atoms with Gasteiger partial charge in [-0.25, -0.2) is 4.98 Å². The van der Waals surface area contributed by atoms with Gasteiger partial charge in [-0.1, -0.05) is 18.2 Å². The van der Waals surface area contributed by atoms with E-state index in [4.69, 9.17) is 5.73 Å². The SMILES string of the molecule is CC(N)c1ccc(N2CC=CC2)nc1. The lowest BCUT2D eigenvalue weighted by molar-refractivity contribution is 0.809. The molecule has 2 rings (SSSR count). The number of anilines is 1. The van der Waals surface area contributed by atoms with E-state index in [2.05, 4.69) is 22.0 Å². The first-order valence-electron chi connectivity index (χ1n) is 4.89. The summed E-state index contributed by atoms with van der Waals surface area (Å²) in [6.45, 7) is 3.89. The molecule has 0 saturated heterocycles. The Morgan fingerprint density at radius 1 is 1.36 bits per heavy atom. The molecule has 2 N–H and O–H groups in total. The molecule has 0 fully saturated rings. The molecular formula is C11H15N3. The van der Waals surface area contributed by atoms with Crippen LogP contribution in [0.2, 0.25) is 0 Å². The molecule has 0 amide bonds. The van der Waals surface area contributed by atoms with Gasteiger partial charge in [-0.05, 0) is 18.6 Å². The number of rotatable bonds is 2. The van der Waals surface area contributed by atoms with Gasteiger partial charge in [0, 0.05) is 25.3 Å². The van der Waals surface area contributed by atoms with Crippen molar-refractivity contribution in [2.24, 2.45) is 5.73 Å². The fraction of sp³-hybridized carbons (Fsp3) is 0.364. The van der Waals surface area contributed by atoms with Gasteiger partial charge in [0.2, 0.25) is 0 Å². The summed E-state index contributed by atoms with van der Waals surface area (Å²) < 4.78 is 0. The number of aromatic nitrogens is 1. The Morgan fingerprint density at radius 3 is 2.57 bits per heavy atom. The Hall–Kier alpha value is -1.35. The van der Waals surface area contributed by atoms with Crippen molar-refractivity contribution in [2.45, 2.75) is 13.0 Å². The zero-order valence-electron chi connectivity index (χ0n) is 8.35. The van der Waals surface area contributed by atoms with Gasteiger partial charge >= 0.3 is 0 Å².